The summed E-state index contributed by atoms with van der Waals surface area (Å²) < 4.78 is 0. The molecule has 1 aliphatic carbocycles. The molecule has 0 heterocycles. The van der Waals surface area contributed by atoms with Crippen molar-refractivity contribution >= 4 is 11.8 Å². The quantitative estimate of drug-likeness (QED) is 0.787. The smallest absolute Gasteiger partial charge is 0.0208 e. The van der Waals surface area contributed by atoms with E-state index in [4.69, 9.17) is 0 Å². The van der Waals surface area contributed by atoms with Crippen LogP contribution in [0.3, 0.4) is 0 Å². The molecule has 0 saturated heterocycles. The Balaban J connectivity index is 1.78. The van der Waals surface area contributed by atoms with Gasteiger partial charge in [0.25, 0.3) is 0 Å². The average molecular weight is 263 g/mol. The van der Waals surface area contributed by atoms with Crippen LogP contribution in [0.2, 0.25) is 0 Å². The summed E-state index contributed by atoms with van der Waals surface area (Å²) in [5, 5.41) is 3.70. The third-order valence-corrected chi connectivity index (χ3v) is 4.89. The van der Waals surface area contributed by atoms with Crippen LogP contribution in [0.5, 0.6) is 0 Å². The molecule has 1 aromatic rings. The van der Waals surface area contributed by atoms with Crippen LogP contribution in [-0.4, -0.2) is 12.3 Å². The first-order valence-electron chi connectivity index (χ1n) is 7.16. The van der Waals surface area contributed by atoms with E-state index in [1.54, 1.807) is 11.8 Å². The Hall–Kier alpha value is -0.470. The zero-order valence-electron chi connectivity index (χ0n) is 11.6. The molecular weight excluding hydrogens is 238 g/mol. The molecule has 0 radical (unpaired) electrons. The van der Waals surface area contributed by atoms with Crippen molar-refractivity contribution in [3.63, 3.8) is 0 Å². The summed E-state index contributed by atoms with van der Waals surface area (Å²) in [5.74, 6) is 0.893. The van der Waals surface area contributed by atoms with E-state index in [0.717, 1.165) is 12.5 Å². The lowest BCUT2D eigenvalue weighted by atomic mass is 9.84. The van der Waals surface area contributed by atoms with Gasteiger partial charge in [0.1, 0.15) is 0 Å². The summed E-state index contributed by atoms with van der Waals surface area (Å²) in [4.78, 5) is 1.35. The van der Waals surface area contributed by atoms with Crippen LogP contribution in [0, 0.1) is 5.92 Å². The van der Waals surface area contributed by atoms with Gasteiger partial charge in [-0.1, -0.05) is 31.4 Å². The molecule has 2 heteroatoms. The van der Waals surface area contributed by atoms with Gasteiger partial charge in [-0.3, -0.25) is 0 Å². The number of hydrogen-bond acceptors (Lipinski definition) is 2. The number of thioether (sulfide) groups is 1. The van der Waals surface area contributed by atoms with Crippen molar-refractivity contribution < 1.29 is 0 Å². The fourth-order valence-corrected chi connectivity index (χ4v) is 3.23. The topological polar surface area (TPSA) is 12.0 Å². The van der Waals surface area contributed by atoms with Crippen molar-refractivity contribution in [2.45, 2.75) is 56.5 Å². The number of nitrogens with one attached hydrogen (secondary N) is 1. The minimum Gasteiger partial charge on any atom is -0.310 e. The molecule has 1 atom stereocenters. The van der Waals surface area contributed by atoms with Gasteiger partial charge in [0.15, 0.2) is 0 Å². The normalized spacial score (nSPS) is 18.8. The number of hydrogen-bond donors (Lipinski definition) is 1. The highest BCUT2D eigenvalue weighted by molar-refractivity contribution is 7.98. The number of rotatable bonds is 5. The summed E-state index contributed by atoms with van der Waals surface area (Å²) in [7, 11) is 0. The first-order chi connectivity index (χ1) is 8.79. The summed E-state index contributed by atoms with van der Waals surface area (Å²) in [6, 6.07) is 9.57. The summed E-state index contributed by atoms with van der Waals surface area (Å²) in [6.45, 7) is 3.36. The fourth-order valence-electron chi connectivity index (χ4n) is 2.82. The molecule has 1 aromatic carbocycles. The molecular formula is C16H25NS. The molecule has 0 spiro atoms. The van der Waals surface area contributed by atoms with Crippen molar-refractivity contribution in [1.29, 1.82) is 0 Å². The maximum absolute atomic E-state index is 3.70. The van der Waals surface area contributed by atoms with Crippen LogP contribution in [0.15, 0.2) is 29.2 Å². The van der Waals surface area contributed by atoms with Gasteiger partial charge in [0.05, 0.1) is 0 Å². The van der Waals surface area contributed by atoms with E-state index in [-0.39, 0.29) is 0 Å². The predicted octanol–water partition coefficient (Wildman–Crippen LogP) is 4.47. The van der Waals surface area contributed by atoms with Gasteiger partial charge in [-0.15, -0.1) is 11.8 Å². The van der Waals surface area contributed by atoms with Crippen LogP contribution in [0.1, 0.15) is 44.6 Å². The van der Waals surface area contributed by atoms with E-state index < -0.39 is 0 Å². The molecule has 1 fully saturated rings. The molecule has 2 rings (SSSR count). The highest BCUT2D eigenvalue weighted by atomic mass is 32.2. The third-order valence-electron chi connectivity index (χ3n) is 4.14. The van der Waals surface area contributed by atoms with Crippen LogP contribution in [0.25, 0.3) is 0 Å². The van der Waals surface area contributed by atoms with Gasteiger partial charge in [-0.25, -0.2) is 0 Å². The van der Waals surface area contributed by atoms with Crippen LogP contribution >= 0.6 is 11.8 Å². The second-order valence-electron chi connectivity index (χ2n) is 5.42. The Morgan fingerprint density at radius 3 is 2.44 bits per heavy atom. The Kier molecular flexibility index (Phi) is 5.58. The molecule has 18 heavy (non-hydrogen) atoms. The molecule has 1 saturated carbocycles. The van der Waals surface area contributed by atoms with Crippen molar-refractivity contribution in [3.05, 3.63) is 29.8 Å². The average Bonchev–Trinajstić information content (AvgIpc) is 2.46. The lowest BCUT2D eigenvalue weighted by Crippen LogP contribution is -2.34. The third kappa shape index (κ3) is 4.03. The standard InChI is InChI=1S/C16H25NS/c1-13(15-6-4-3-5-7-15)17-12-14-8-10-16(18-2)11-9-14/h8-11,13,15,17H,3-7,12H2,1-2H3/t13-/m0/s1. The lowest BCUT2D eigenvalue weighted by molar-refractivity contribution is 0.280. The van der Waals surface area contributed by atoms with Crippen LogP contribution in [-0.2, 0) is 6.54 Å². The van der Waals surface area contributed by atoms with Gasteiger partial charge < -0.3 is 5.32 Å². The Labute approximate surface area is 116 Å². The second-order valence-corrected chi connectivity index (χ2v) is 6.30. The van der Waals surface area contributed by atoms with E-state index in [1.807, 2.05) is 0 Å². The molecule has 1 aliphatic rings. The highest BCUT2D eigenvalue weighted by Gasteiger charge is 2.19. The van der Waals surface area contributed by atoms with Crippen molar-refractivity contribution in [2.24, 2.45) is 5.92 Å². The van der Waals surface area contributed by atoms with Crippen LogP contribution in [0.4, 0.5) is 0 Å². The van der Waals surface area contributed by atoms with E-state index in [0.29, 0.717) is 6.04 Å². The molecule has 100 valence electrons. The minimum atomic E-state index is 0.658. The van der Waals surface area contributed by atoms with Gasteiger partial charge in [-0.2, -0.15) is 0 Å². The minimum absolute atomic E-state index is 0.658. The van der Waals surface area contributed by atoms with E-state index in [9.17, 15) is 0 Å². The maximum Gasteiger partial charge on any atom is 0.0208 e. The molecule has 0 amide bonds. The van der Waals surface area contributed by atoms with E-state index in [2.05, 4.69) is 42.8 Å². The monoisotopic (exact) mass is 263 g/mol. The second kappa shape index (κ2) is 7.20. The summed E-state index contributed by atoms with van der Waals surface area (Å²) in [6.07, 6.45) is 9.26. The van der Waals surface area contributed by atoms with E-state index >= 15 is 0 Å². The first kappa shape index (κ1) is 14.0. The molecule has 1 N–H and O–H groups in total. The van der Waals surface area contributed by atoms with Gasteiger partial charge >= 0.3 is 0 Å². The zero-order valence-corrected chi connectivity index (χ0v) is 12.4. The molecule has 0 aliphatic heterocycles. The van der Waals surface area contributed by atoms with Crippen molar-refractivity contribution in [1.82, 2.24) is 5.32 Å². The van der Waals surface area contributed by atoms with Gasteiger partial charge in [-0.05, 0) is 49.6 Å². The van der Waals surface area contributed by atoms with Crippen LogP contribution < -0.4 is 5.32 Å². The lowest BCUT2D eigenvalue weighted by Gasteiger charge is -2.28. The van der Waals surface area contributed by atoms with Crippen molar-refractivity contribution in [3.8, 4) is 0 Å². The molecule has 0 unspecified atom stereocenters. The Morgan fingerprint density at radius 2 is 1.83 bits per heavy atom. The fraction of sp³-hybridized carbons (Fsp3) is 0.625. The SMILES string of the molecule is CSc1ccc(CN[C@@H](C)C2CCCCC2)cc1. The molecule has 1 nitrogen and oxygen atoms in total. The zero-order chi connectivity index (χ0) is 12.8. The van der Waals surface area contributed by atoms with Gasteiger partial charge in [0.2, 0.25) is 0 Å². The Morgan fingerprint density at radius 1 is 1.17 bits per heavy atom. The first-order valence-corrected chi connectivity index (χ1v) is 8.38. The molecule has 0 aromatic heterocycles. The Bertz CT molecular complexity index is 341. The summed E-state index contributed by atoms with van der Waals surface area (Å²) >= 11 is 1.80. The van der Waals surface area contributed by atoms with E-state index in [1.165, 1.54) is 42.6 Å². The van der Waals surface area contributed by atoms with Gasteiger partial charge in [0, 0.05) is 17.5 Å². The largest absolute Gasteiger partial charge is 0.310 e. The molecule has 0 bridgehead atoms. The van der Waals surface area contributed by atoms with Crippen molar-refractivity contribution in [2.75, 3.05) is 6.26 Å². The maximum atomic E-state index is 3.70. The summed E-state index contributed by atoms with van der Waals surface area (Å²) in [5.41, 5.74) is 1.40. The predicted molar refractivity (Wildman–Crippen MR) is 81.1 cm³/mol. The highest BCUT2D eigenvalue weighted by Crippen LogP contribution is 2.26. The number of benzene rings is 1.